The van der Waals surface area contributed by atoms with Crippen molar-refractivity contribution < 1.29 is 0 Å². The van der Waals surface area contributed by atoms with Crippen molar-refractivity contribution in [3.63, 3.8) is 0 Å². The molecule has 5 heteroatoms. The molecule has 1 aliphatic carbocycles. The molecular formula is C14H24ClN3S. The average Bonchev–Trinajstić information content (AvgIpc) is 2.93. The van der Waals surface area contributed by atoms with Crippen LogP contribution in [0.3, 0.4) is 0 Å². The number of thioether (sulfide) groups is 1. The maximum atomic E-state index is 6.38. The second-order valence-corrected chi connectivity index (χ2v) is 6.99. The SMILES string of the molecule is CCSC1CCCC1NCc1c(Cl)c(CC)nn1C. The summed E-state index contributed by atoms with van der Waals surface area (Å²) in [6.07, 6.45) is 4.86. The van der Waals surface area contributed by atoms with Crippen LogP contribution in [0, 0.1) is 0 Å². The molecule has 0 aliphatic heterocycles. The number of halogens is 1. The molecule has 0 spiro atoms. The van der Waals surface area contributed by atoms with Gasteiger partial charge in [0.05, 0.1) is 16.4 Å². The van der Waals surface area contributed by atoms with E-state index in [0.29, 0.717) is 6.04 Å². The summed E-state index contributed by atoms with van der Waals surface area (Å²) in [5.41, 5.74) is 2.12. The number of aromatic nitrogens is 2. The van der Waals surface area contributed by atoms with E-state index in [0.717, 1.165) is 34.6 Å². The van der Waals surface area contributed by atoms with Crippen LogP contribution >= 0.6 is 23.4 Å². The molecule has 1 heterocycles. The van der Waals surface area contributed by atoms with E-state index in [-0.39, 0.29) is 0 Å². The molecule has 0 radical (unpaired) electrons. The first-order chi connectivity index (χ1) is 9.17. The van der Waals surface area contributed by atoms with E-state index in [9.17, 15) is 0 Å². The summed E-state index contributed by atoms with van der Waals surface area (Å²) in [6.45, 7) is 5.16. The second kappa shape index (κ2) is 7.00. The van der Waals surface area contributed by atoms with Crippen molar-refractivity contribution in [3.05, 3.63) is 16.4 Å². The van der Waals surface area contributed by atoms with E-state index >= 15 is 0 Å². The molecule has 0 aromatic carbocycles. The molecule has 0 amide bonds. The lowest BCUT2D eigenvalue weighted by atomic mass is 10.2. The molecule has 1 aliphatic rings. The zero-order chi connectivity index (χ0) is 13.8. The van der Waals surface area contributed by atoms with Gasteiger partial charge in [-0.2, -0.15) is 16.9 Å². The minimum absolute atomic E-state index is 0.626. The van der Waals surface area contributed by atoms with Gasteiger partial charge in [-0.25, -0.2) is 0 Å². The summed E-state index contributed by atoms with van der Waals surface area (Å²) in [7, 11) is 1.98. The lowest BCUT2D eigenvalue weighted by molar-refractivity contribution is 0.514. The summed E-state index contributed by atoms with van der Waals surface area (Å²) in [4.78, 5) is 0. The molecule has 1 fully saturated rings. The molecule has 1 N–H and O–H groups in total. The van der Waals surface area contributed by atoms with Crippen LogP contribution in [0.2, 0.25) is 5.02 Å². The zero-order valence-electron chi connectivity index (χ0n) is 12.1. The van der Waals surface area contributed by atoms with Gasteiger partial charge < -0.3 is 5.32 Å². The van der Waals surface area contributed by atoms with Crippen LogP contribution in [0.5, 0.6) is 0 Å². The predicted octanol–water partition coefficient (Wildman–Crippen LogP) is 3.40. The highest BCUT2D eigenvalue weighted by molar-refractivity contribution is 7.99. The molecule has 3 nitrogen and oxygen atoms in total. The topological polar surface area (TPSA) is 29.9 Å². The molecule has 0 bridgehead atoms. The van der Waals surface area contributed by atoms with Crippen LogP contribution in [0.1, 0.15) is 44.5 Å². The molecule has 2 rings (SSSR count). The Morgan fingerprint density at radius 3 is 2.84 bits per heavy atom. The third kappa shape index (κ3) is 3.47. The number of hydrogen-bond donors (Lipinski definition) is 1. The standard InChI is InChI=1S/C14H24ClN3S/c1-4-10-14(15)12(18(3)17-10)9-16-11-7-6-8-13(11)19-5-2/h11,13,16H,4-9H2,1-3H3. The Morgan fingerprint density at radius 2 is 2.21 bits per heavy atom. The Kier molecular flexibility index (Phi) is 5.60. The van der Waals surface area contributed by atoms with Gasteiger partial charge in [0, 0.05) is 24.9 Å². The highest BCUT2D eigenvalue weighted by atomic mass is 35.5. The van der Waals surface area contributed by atoms with Crippen molar-refractivity contribution in [1.82, 2.24) is 15.1 Å². The van der Waals surface area contributed by atoms with Gasteiger partial charge in [-0.3, -0.25) is 4.68 Å². The fourth-order valence-electron chi connectivity index (χ4n) is 2.81. The highest BCUT2D eigenvalue weighted by Gasteiger charge is 2.27. The molecule has 1 aromatic heterocycles. The molecule has 2 unspecified atom stereocenters. The van der Waals surface area contributed by atoms with E-state index in [2.05, 4.69) is 36.0 Å². The van der Waals surface area contributed by atoms with Crippen molar-refractivity contribution in [2.45, 2.75) is 57.4 Å². The quantitative estimate of drug-likeness (QED) is 0.873. The first-order valence-electron chi connectivity index (χ1n) is 7.22. The van der Waals surface area contributed by atoms with E-state index in [4.69, 9.17) is 11.6 Å². The molecular weight excluding hydrogens is 278 g/mol. The molecule has 1 saturated carbocycles. The summed E-state index contributed by atoms with van der Waals surface area (Å²) in [6, 6.07) is 0.626. The van der Waals surface area contributed by atoms with Gasteiger partial charge in [0.25, 0.3) is 0 Å². The van der Waals surface area contributed by atoms with Crippen LogP contribution < -0.4 is 5.32 Å². The Labute approximate surface area is 125 Å². The lowest BCUT2D eigenvalue weighted by Crippen LogP contribution is -2.34. The van der Waals surface area contributed by atoms with Crippen LogP contribution in [0.4, 0.5) is 0 Å². The summed E-state index contributed by atoms with van der Waals surface area (Å²) in [5.74, 6) is 1.20. The summed E-state index contributed by atoms with van der Waals surface area (Å²) >= 11 is 8.47. The van der Waals surface area contributed by atoms with Gasteiger partial charge in [0.1, 0.15) is 0 Å². The monoisotopic (exact) mass is 301 g/mol. The number of aryl methyl sites for hydroxylation is 2. The first kappa shape index (κ1) is 15.2. The van der Waals surface area contributed by atoms with Crippen molar-refractivity contribution >= 4 is 23.4 Å². The third-order valence-electron chi connectivity index (χ3n) is 3.87. The average molecular weight is 302 g/mol. The molecule has 0 saturated heterocycles. The molecule has 108 valence electrons. The first-order valence-corrected chi connectivity index (χ1v) is 8.65. The van der Waals surface area contributed by atoms with E-state index in [1.807, 2.05) is 11.7 Å². The number of nitrogens with one attached hydrogen (secondary N) is 1. The number of hydrogen-bond acceptors (Lipinski definition) is 3. The molecule has 19 heavy (non-hydrogen) atoms. The highest BCUT2D eigenvalue weighted by Crippen LogP contribution is 2.30. The van der Waals surface area contributed by atoms with Gasteiger partial charge in [-0.15, -0.1) is 0 Å². The Bertz CT molecular complexity index is 419. The minimum Gasteiger partial charge on any atom is -0.307 e. The van der Waals surface area contributed by atoms with Crippen molar-refractivity contribution in [2.24, 2.45) is 7.05 Å². The zero-order valence-corrected chi connectivity index (χ0v) is 13.7. The van der Waals surface area contributed by atoms with Crippen LogP contribution in [-0.2, 0) is 20.0 Å². The lowest BCUT2D eigenvalue weighted by Gasteiger charge is -2.20. The maximum absolute atomic E-state index is 6.38. The van der Waals surface area contributed by atoms with Crippen LogP contribution in [0.15, 0.2) is 0 Å². The Hall–Kier alpha value is -0.190. The van der Waals surface area contributed by atoms with E-state index < -0.39 is 0 Å². The maximum Gasteiger partial charge on any atom is 0.0863 e. The summed E-state index contributed by atoms with van der Waals surface area (Å²) < 4.78 is 1.92. The largest absolute Gasteiger partial charge is 0.307 e. The third-order valence-corrected chi connectivity index (χ3v) is 5.63. The van der Waals surface area contributed by atoms with E-state index in [1.165, 1.54) is 25.0 Å². The fourth-order valence-corrected chi connectivity index (χ4v) is 4.40. The van der Waals surface area contributed by atoms with Gasteiger partial charge in [0.2, 0.25) is 0 Å². The van der Waals surface area contributed by atoms with Gasteiger partial charge in [-0.05, 0) is 25.0 Å². The predicted molar refractivity (Wildman–Crippen MR) is 84.0 cm³/mol. The van der Waals surface area contributed by atoms with Gasteiger partial charge >= 0.3 is 0 Å². The van der Waals surface area contributed by atoms with Crippen molar-refractivity contribution in [3.8, 4) is 0 Å². The van der Waals surface area contributed by atoms with Crippen molar-refractivity contribution in [1.29, 1.82) is 0 Å². The summed E-state index contributed by atoms with van der Waals surface area (Å²) in [5, 5.41) is 9.76. The molecule has 2 atom stereocenters. The van der Waals surface area contributed by atoms with E-state index in [1.54, 1.807) is 0 Å². The normalized spacial score (nSPS) is 23.2. The van der Waals surface area contributed by atoms with Crippen LogP contribution in [-0.4, -0.2) is 26.8 Å². The van der Waals surface area contributed by atoms with Crippen molar-refractivity contribution in [2.75, 3.05) is 5.75 Å². The Balaban J connectivity index is 1.97. The number of nitrogens with zero attached hydrogens (tertiary/aromatic N) is 2. The fraction of sp³-hybridized carbons (Fsp3) is 0.786. The molecule has 1 aromatic rings. The Morgan fingerprint density at radius 1 is 1.42 bits per heavy atom. The number of rotatable bonds is 6. The second-order valence-electron chi connectivity index (χ2n) is 5.10. The minimum atomic E-state index is 0.626. The van der Waals surface area contributed by atoms with Gasteiger partial charge in [-0.1, -0.05) is 31.9 Å². The van der Waals surface area contributed by atoms with Gasteiger partial charge in [0.15, 0.2) is 0 Å². The smallest absolute Gasteiger partial charge is 0.0863 e. The van der Waals surface area contributed by atoms with Crippen LogP contribution in [0.25, 0.3) is 0 Å².